The van der Waals surface area contributed by atoms with Crippen molar-refractivity contribution in [1.82, 2.24) is 15.2 Å². The highest BCUT2D eigenvalue weighted by Gasteiger charge is 2.20. The molecule has 5 heteroatoms. The minimum atomic E-state index is -0.0938. The molecule has 2 unspecified atom stereocenters. The predicted molar refractivity (Wildman–Crippen MR) is 168 cm³/mol. The Labute approximate surface area is 232 Å². The van der Waals surface area contributed by atoms with E-state index in [-0.39, 0.29) is 6.10 Å². The molecule has 5 nitrogen and oxygen atoms in total. The van der Waals surface area contributed by atoms with E-state index in [4.69, 9.17) is 4.98 Å². The number of hydrogen-bond donors (Lipinski definition) is 2. The number of pyridine rings is 1. The van der Waals surface area contributed by atoms with Gasteiger partial charge < -0.3 is 15.3 Å². The van der Waals surface area contributed by atoms with Crippen LogP contribution in [0.25, 0.3) is 22.4 Å². The van der Waals surface area contributed by atoms with Crippen LogP contribution in [0.3, 0.4) is 0 Å². The van der Waals surface area contributed by atoms with Crippen LogP contribution in [0.15, 0.2) is 60.3 Å². The third-order valence-corrected chi connectivity index (χ3v) is 6.49. The van der Waals surface area contributed by atoms with Gasteiger partial charge in [-0.15, -0.1) is 0 Å². The van der Waals surface area contributed by atoms with Gasteiger partial charge in [0, 0.05) is 56.9 Å². The van der Waals surface area contributed by atoms with Crippen LogP contribution in [0.5, 0.6) is 0 Å². The highest BCUT2D eigenvalue weighted by molar-refractivity contribution is 6.10. The Morgan fingerprint density at radius 1 is 1.21 bits per heavy atom. The van der Waals surface area contributed by atoms with Gasteiger partial charge in [-0.25, -0.2) is 0 Å². The molecule has 2 heterocycles. The summed E-state index contributed by atoms with van der Waals surface area (Å²) in [5, 5.41) is 12.5. The molecule has 0 bridgehead atoms. The number of allylic oxidation sites excluding steroid dienone is 4. The average Bonchev–Trinajstić information content (AvgIpc) is 2.93. The lowest BCUT2D eigenvalue weighted by Crippen LogP contribution is -2.40. The summed E-state index contributed by atoms with van der Waals surface area (Å²) < 4.78 is 0. The lowest BCUT2D eigenvalue weighted by Gasteiger charge is -2.26. The summed E-state index contributed by atoms with van der Waals surface area (Å²) in [6.07, 6.45) is 10.1. The molecule has 1 fully saturated rings. The van der Waals surface area contributed by atoms with Crippen molar-refractivity contribution in [2.75, 3.05) is 34.2 Å². The number of aliphatic hydroxyl groups excluding tert-OH is 1. The van der Waals surface area contributed by atoms with E-state index in [0.717, 1.165) is 70.7 Å². The lowest BCUT2D eigenvalue weighted by atomic mass is 9.93. The average molecular weight is 519 g/mol. The van der Waals surface area contributed by atoms with E-state index in [1.165, 1.54) is 0 Å². The highest BCUT2D eigenvalue weighted by Crippen LogP contribution is 2.29. The Morgan fingerprint density at radius 2 is 1.92 bits per heavy atom. The zero-order chi connectivity index (χ0) is 28.7. The van der Waals surface area contributed by atoms with Crippen LogP contribution in [-0.4, -0.2) is 61.5 Å². The summed E-state index contributed by atoms with van der Waals surface area (Å²) in [6.45, 7) is 18.1. The minimum absolute atomic E-state index is 0.0938. The van der Waals surface area contributed by atoms with E-state index in [9.17, 15) is 5.11 Å². The largest absolute Gasteiger partial charge is 0.392 e. The Kier molecular flexibility index (Phi) is 15.2. The number of nitrogens with zero attached hydrogens (tertiary/aromatic N) is 3. The van der Waals surface area contributed by atoms with E-state index >= 15 is 0 Å². The molecule has 1 aliphatic rings. The Bertz CT molecular complexity index is 1100. The molecule has 2 aromatic rings. The van der Waals surface area contributed by atoms with Crippen LogP contribution in [0.1, 0.15) is 62.9 Å². The number of nitrogens with one attached hydrogen (secondary N) is 1. The quantitative estimate of drug-likeness (QED) is 0.307. The first-order valence-corrected chi connectivity index (χ1v) is 13.8. The molecule has 1 aromatic heterocycles. The van der Waals surface area contributed by atoms with Crippen molar-refractivity contribution in [2.45, 2.75) is 60.5 Å². The van der Waals surface area contributed by atoms with Crippen LogP contribution in [0.2, 0.25) is 0 Å². The maximum Gasteiger partial charge on any atom is 0.0734 e. The monoisotopic (exact) mass is 518 g/mol. The van der Waals surface area contributed by atoms with Gasteiger partial charge in [-0.05, 0) is 74.1 Å². The van der Waals surface area contributed by atoms with E-state index in [1.807, 2.05) is 52.1 Å². The van der Waals surface area contributed by atoms with E-state index in [0.29, 0.717) is 5.92 Å². The summed E-state index contributed by atoms with van der Waals surface area (Å²) in [5.41, 5.74) is 8.70. The van der Waals surface area contributed by atoms with Crippen LogP contribution in [-0.2, 0) is 0 Å². The normalized spacial score (nSPS) is 17.7. The van der Waals surface area contributed by atoms with Crippen molar-refractivity contribution < 1.29 is 5.11 Å². The van der Waals surface area contributed by atoms with Crippen molar-refractivity contribution in [2.24, 2.45) is 10.9 Å². The topological polar surface area (TPSA) is 60.8 Å². The van der Waals surface area contributed by atoms with Crippen LogP contribution >= 0.6 is 0 Å². The van der Waals surface area contributed by atoms with Gasteiger partial charge in [0.25, 0.3) is 0 Å². The minimum Gasteiger partial charge on any atom is -0.392 e. The van der Waals surface area contributed by atoms with E-state index in [2.05, 4.69) is 80.3 Å². The Morgan fingerprint density at radius 3 is 2.45 bits per heavy atom. The maximum absolute atomic E-state index is 9.31. The molecule has 0 spiro atoms. The molecular weight excluding hydrogens is 468 g/mol. The summed E-state index contributed by atoms with van der Waals surface area (Å²) in [5.74, 6) is 0.547. The maximum atomic E-state index is 9.31. The Hall–Kier alpha value is -3.02. The molecule has 0 aliphatic carbocycles. The lowest BCUT2D eigenvalue weighted by molar-refractivity contribution is 0.0799. The van der Waals surface area contributed by atoms with Crippen molar-refractivity contribution in [1.29, 1.82) is 0 Å². The number of aliphatic hydroxyl groups is 1. The smallest absolute Gasteiger partial charge is 0.0734 e. The van der Waals surface area contributed by atoms with Gasteiger partial charge in [-0.3, -0.25) is 9.98 Å². The first-order chi connectivity index (χ1) is 18.2. The summed E-state index contributed by atoms with van der Waals surface area (Å²) >= 11 is 0. The van der Waals surface area contributed by atoms with Gasteiger partial charge in [0.1, 0.15) is 0 Å². The standard InChI is InChI=1S/C24H29N3.C7H15NO.C2H6/c1-8-19(15-25-5)23-13-17(3)24(26-18(23)4)22-12-10-11-21(14-22)20(9-2)16-27(6)7;1-2-6-3-4-8-5-7(6)9;1-2/h8-16H,2H2,1,3-7H3;6-9H,2-5H2,1H3;1-2H3/b19-8+,20-16+,25-15?;;. The molecule has 2 N–H and O–H groups in total. The second kappa shape index (κ2) is 17.5. The van der Waals surface area contributed by atoms with Gasteiger partial charge in [-0.2, -0.15) is 0 Å². The second-order valence-electron chi connectivity index (χ2n) is 9.48. The number of piperidine rings is 1. The first kappa shape index (κ1) is 33.0. The summed E-state index contributed by atoms with van der Waals surface area (Å²) in [4.78, 5) is 11.1. The second-order valence-corrected chi connectivity index (χ2v) is 9.48. The molecule has 0 amide bonds. The molecule has 0 saturated carbocycles. The van der Waals surface area contributed by atoms with Crippen molar-refractivity contribution in [3.63, 3.8) is 0 Å². The van der Waals surface area contributed by atoms with Crippen molar-refractivity contribution >= 4 is 17.4 Å². The number of aliphatic imine (C=N–C) groups is 1. The molecule has 1 aliphatic heterocycles. The van der Waals surface area contributed by atoms with Crippen LogP contribution in [0.4, 0.5) is 0 Å². The molecular formula is C33H50N4O. The SMILES string of the molecule is C=C/C(=C\N(C)C)c1cccc(-c2nc(C)c(/C(C=NC)=C/C)cc2C)c1.CC.CCC1CCNCC1O. The van der Waals surface area contributed by atoms with Gasteiger partial charge in [0.05, 0.1) is 11.8 Å². The van der Waals surface area contributed by atoms with Crippen LogP contribution < -0.4 is 5.32 Å². The van der Waals surface area contributed by atoms with Crippen molar-refractivity contribution in [3.8, 4) is 11.3 Å². The predicted octanol–water partition coefficient (Wildman–Crippen LogP) is 6.95. The number of aryl methyl sites for hydroxylation is 2. The fourth-order valence-corrected chi connectivity index (χ4v) is 4.47. The third-order valence-electron chi connectivity index (χ3n) is 6.49. The fraction of sp³-hybridized carbons (Fsp3) is 0.455. The Balaban J connectivity index is 0.000000548. The zero-order valence-corrected chi connectivity index (χ0v) is 25.2. The number of benzene rings is 1. The number of β-amino-alcohol motifs (C(OH)–C–C–N with tert-alkyl or cyclic N) is 1. The number of rotatable bonds is 7. The zero-order valence-electron chi connectivity index (χ0n) is 25.2. The van der Waals surface area contributed by atoms with Gasteiger partial charge >= 0.3 is 0 Å². The third kappa shape index (κ3) is 9.70. The fourth-order valence-electron chi connectivity index (χ4n) is 4.47. The highest BCUT2D eigenvalue weighted by atomic mass is 16.3. The van der Waals surface area contributed by atoms with Crippen molar-refractivity contribution in [3.05, 3.63) is 77.6 Å². The number of aromatic nitrogens is 1. The first-order valence-electron chi connectivity index (χ1n) is 13.8. The van der Waals surface area contributed by atoms with Gasteiger partial charge in [0.15, 0.2) is 0 Å². The van der Waals surface area contributed by atoms with E-state index in [1.54, 1.807) is 7.05 Å². The molecule has 38 heavy (non-hydrogen) atoms. The van der Waals surface area contributed by atoms with Crippen LogP contribution in [0, 0.1) is 19.8 Å². The molecule has 2 atom stereocenters. The van der Waals surface area contributed by atoms with Gasteiger partial charge in [-0.1, -0.05) is 64.1 Å². The van der Waals surface area contributed by atoms with E-state index < -0.39 is 0 Å². The number of hydrogen-bond acceptors (Lipinski definition) is 5. The molecule has 1 aromatic carbocycles. The van der Waals surface area contributed by atoms with Gasteiger partial charge in [0.2, 0.25) is 0 Å². The molecule has 3 rings (SSSR count). The summed E-state index contributed by atoms with van der Waals surface area (Å²) in [6, 6.07) is 10.7. The molecule has 208 valence electrons. The molecule has 0 radical (unpaired) electrons. The molecule has 1 saturated heterocycles. The summed E-state index contributed by atoms with van der Waals surface area (Å²) in [7, 11) is 5.82.